The van der Waals surface area contributed by atoms with E-state index < -0.39 is 22.0 Å². The number of esters is 1. The van der Waals surface area contributed by atoms with Crippen LogP contribution < -0.4 is 5.73 Å². The molecule has 6 heteroatoms. The van der Waals surface area contributed by atoms with Crippen LogP contribution in [0.4, 0.5) is 5.69 Å². The van der Waals surface area contributed by atoms with Gasteiger partial charge in [0.25, 0.3) is 5.69 Å². The number of hydrogen-bond acceptors (Lipinski definition) is 5. The molecule has 0 amide bonds. The Morgan fingerprint density at radius 1 is 1.26 bits per heavy atom. The molecular weight excluding hydrogens is 248 g/mol. The van der Waals surface area contributed by atoms with Gasteiger partial charge in [0.2, 0.25) is 0 Å². The number of nitrogens with two attached hydrogens (primary N) is 1. The fourth-order valence-electron chi connectivity index (χ4n) is 1.57. The topological polar surface area (TPSA) is 95.5 Å². The number of carbonyl (C=O) groups excluding carboxylic acids is 1. The first-order chi connectivity index (χ1) is 8.55. The van der Waals surface area contributed by atoms with Gasteiger partial charge in [0, 0.05) is 6.07 Å². The maximum Gasteiger partial charge on any atom is 0.331 e. The minimum atomic E-state index is -1.57. The number of nitro benzene ring substituents is 1. The normalized spacial score (nSPS) is 14.6. The van der Waals surface area contributed by atoms with E-state index in [1.165, 1.54) is 25.1 Å². The predicted octanol–water partition coefficient (Wildman–Crippen LogP) is 2.11. The number of nitro groups is 1. The zero-order valence-electron chi connectivity index (χ0n) is 11.5. The van der Waals surface area contributed by atoms with Crippen LogP contribution in [0.3, 0.4) is 0 Å². The quantitative estimate of drug-likeness (QED) is 0.513. The highest BCUT2D eigenvalue weighted by Crippen LogP contribution is 2.29. The molecule has 0 aromatic heterocycles. The number of carbonyl (C=O) groups is 1. The van der Waals surface area contributed by atoms with Crippen molar-refractivity contribution in [1.29, 1.82) is 0 Å². The number of ether oxygens (including phenoxy) is 1. The lowest BCUT2D eigenvalue weighted by Gasteiger charge is -2.28. The molecule has 1 aromatic carbocycles. The fourth-order valence-corrected chi connectivity index (χ4v) is 1.57. The summed E-state index contributed by atoms with van der Waals surface area (Å²) in [6.07, 6.45) is 0. The van der Waals surface area contributed by atoms with E-state index >= 15 is 0 Å². The summed E-state index contributed by atoms with van der Waals surface area (Å²) in [5, 5.41) is 11.0. The van der Waals surface area contributed by atoms with Crippen molar-refractivity contribution < 1.29 is 14.5 Å². The monoisotopic (exact) mass is 266 g/mol. The molecule has 0 aliphatic carbocycles. The van der Waals surface area contributed by atoms with Crippen molar-refractivity contribution in [3.63, 3.8) is 0 Å². The van der Waals surface area contributed by atoms with Gasteiger partial charge < -0.3 is 10.5 Å². The Morgan fingerprint density at radius 3 is 2.26 bits per heavy atom. The summed E-state index contributed by atoms with van der Waals surface area (Å²) in [6.45, 7) is 6.53. The standard InChI is InChI=1S/C13H18N2O4/c1-12(2,3)19-11(16)13(4,14)9-7-5-6-8-10(9)15(17)18/h5-8H,14H2,1-4H3/t13-/m0/s1. The third kappa shape index (κ3) is 3.51. The minimum Gasteiger partial charge on any atom is -0.458 e. The summed E-state index contributed by atoms with van der Waals surface area (Å²) < 4.78 is 5.21. The molecule has 0 saturated heterocycles. The highest BCUT2D eigenvalue weighted by atomic mass is 16.6. The van der Waals surface area contributed by atoms with Crippen molar-refractivity contribution in [2.45, 2.75) is 38.8 Å². The van der Waals surface area contributed by atoms with Crippen molar-refractivity contribution >= 4 is 11.7 Å². The summed E-state index contributed by atoms with van der Waals surface area (Å²) in [5.74, 6) is -0.700. The molecule has 6 nitrogen and oxygen atoms in total. The lowest BCUT2D eigenvalue weighted by atomic mass is 9.91. The Morgan fingerprint density at radius 2 is 1.79 bits per heavy atom. The van der Waals surface area contributed by atoms with Crippen LogP contribution >= 0.6 is 0 Å². The Bertz CT molecular complexity index is 504. The maximum atomic E-state index is 12.1. The molecule has 0 bridgehead atoms. The van der Waals surface area contributed by atoms with Gasteiger partial charge in [0.05, 0.1) is 10.5 Å². The highest BCUT2D eigenvalue weighted by molar-refractivity contribution is 5.83. The van der Waals surface area contributed by atoms with Crippen LogP contribution in [0.1, 0.15) is 33.3 Å². The molecule has 1 atom stereocenters. The zero-order valence-corrected chi connectivity index (χ0v) is 11.5. The number of hydrogen-bond donors (Lipinski definition) is 1. The number of nitrogens with zero attached hydrogens (tertiary/aromatic N) is 1. The molecule has 1 aromatic rings. The van der Waals surface area contributed by atoms with E-state index in [0.29, 0.717) is 0 Å². The van der Waals surface area contributed by atoms with Gasteiger partial charge in [-0.05, 0) is 33.8 Å². The largest absolute Gasteiger partial charge is 0.458 e. The Kier molecular flexibility index (Phi) is 3.95. The third-order valence-electron chi connectivity index (χ3n) is 2.48. The maximum absolute atomic E-state index is 12.1. The first-order valence-electron chi connectivity index (χ1n) is 5.82. The summed E-state index contributed by atoms with van der Waals surface area (Å²) in [6, 6.07) is 5.89. The molecule has 0 spiro atoms. The summed E-state index contributed by atoms with van der Waals surface area (Å²) >= 11 is 0. The van der Waals surface area contributed by atoms with Crippen molar-refractivity contribution in [2.75, 3.05) is 0 Å². The van der Waals surface area contributed by atoms with E-state index in [2.05, 4.69) is 0 Å². The van der Waals surface area contributed by atoms with Crippen LogP contribution in [-0.2, 0) is 15.1 Å². The van der Waals surface area contributed by atoms with E-state index in [0.717, 1.165) is 0 Å². The van der Waals surface area contributed by atoms with Gasteiger partial charge >= 0.3 is 5.97 Å². The summed E-state index contributed by atoms with van der Waals surface area (Å²) in [7, 11) is 0. The van der Waals surface area contributed by atoms with Gasteiger partial charge in [-0.2, -0.15) is 0 Å². The molecule has 0 fully saturated rings. The van der Waals surface area contributed by atoms with Gasteiger partial charge in [0.15, 0.2) is 0 Å². The zero-order chi connectivity index (χ0) is 14.8. The van der Waals surface area contributed by atoms with Gasteiger partial charge in [-0.1, -0.05) is 12.1 Å². The molecule has 1 rings (SSSR count). The van der Waals surface area contributed by atoms with Gasteiger partial charge in [-0.15, -0.1) is 0 Å². The molecule has 2 N–H and O–H groups in total. The second kappa shape index (κ2) is 4.97. The molecule has 0 radical (unpaired) electrons. The molecule has 104 valence electrons. The van der Waals surface area contributed by atoms with E-state index in [4.69, 9.17) is 10.5 Å². The Balaban J connectivity index is 3.20. The van der Waals surface area contributed by atoms with Crippen molar-refractivity contribution in [1.82, 2.24) is 0 Å². The predicted molar refractivity (Wildman–Crippen MR) is 70.5 cm³/mol. The Hall–Kier alpha value is -1.95. The molecule has 19 heavy (non-hydrogen) atoms. The van der Waals surface area contributed by atoms with E-state index in [1.807, 2.05) is 0 Å². The third-order valence-corrected chi connectivity index (χ3v) is 2.48. The second-order valence-electron chi connectivity index (χ2n) is 5.48. The smallest absolute Gasteiger partial charge is 0.331 e. The SMILES string of the molecule is CC(C)(C)OC(=O)[C@@](C)(N)c1ccccc1[N+](=O)[O-]. The van der Waals surface area contributed by atoms with E-state index in [-0.39, 0.29) is 11.3 Å². The minimum absolute atomic E-state index is 0.134. The van der Waals surface area contributed by atoms with Gasteiger partial charge in [-0.25, -0.2) is 4.79 Å². The van der Waals surface area contributed by atoms with E-state index in [1.54, 1.807) is 26.8 Å². The van der Waals surface area contributed by atoms with Crippen molar-refractivity contribution in [2.24, 2.45) is 5.73 Å². The lowest BCUT2D eigenvalue weighted by Crippen LogP contribution is -2.46. The van der Waals surface area contributed by atoms with Crippen LogP contribution in [0, 0.1) is 10.1 Å². The molecule has 0 saturated carbocycles. The number of rotatable bonds is 3. The van der Waals surface area contributed by atoms with Gasteiger partial charge in [0.1, 0.15) is 11.1 Å². The molecular formula is C13H18N2O4. The van der Waals surface area contributed by atoms with E-state index in [9.17, 15) is 14.9 Å². The average molecular weight is 266 g/mol. The summed E-state index contributed by atoms with van der Waals surface area (Å²) in [5.41, 5.74) is 3.61. The van der Waals surface area contributed by atoms with Crippen molar-refractivity contribution in [3.05, 3.63) is 39.9 Å². The number of benzene rings is 1. The number of para-hydroxylation sites is 1. The average Bonchev–Trinajstić information content (AvgIpc) is 2.26. The van der Waals surface area contributed by atoms with Crippen LogP contribution in [0.5, 0.6) is 0 Å². The molecule has 0 aliphatic rings. The molecule has 0 aliphatic heterocycles. The second-order valence-corrected chi connectivity index (χ2v) is 5.48. The van der Waals surface area contributed by atoms with Crippen LogP contribution in [-0.4, -0.2) is 16.5 Å². The fraction of sp³-hybridized carbons (Fsp3) is 0.462. The van der Waals surface area contributed by atoms with Gasteiger partial charge in [-0.3, -0.25) is 10.1 Å². The van der Waals surface area contributed by atoms with Crippen LogP contribution in [0.15, 0.2) is 24.3 Å². The first kappa shape index (κ1) is 15.1. The molecule has 0 unspecified atom stereocenters. The summed E-state index contributed by atoms with van der Waals surface area (Å²) in [4.78, 5) is 22.5. The van der Waals surface area contributed by atoms with Crippen LogP contribution in [0.2, 0.25) is 0 Å². The van der Waals surface area contributed by atoms with Crippen LogP contribution in [0.25, 0.3) is 0 Å². The highest BCUT2D eigenvalue weighted by Gasteiger charge is 2.39. The molecule has 0 heterocycles. The Labute approximate surface area is 111 Å². The lowest BCUT2D eigenvalue weighted by molar-refractivity contribution is -0.386. The van der Waals surface area contributed by atoms with Crippen molar-refractivity contribution in [3.8, 4) is 0 Å². The first-order valence-corrected chi connectivity index (χ1v) is 5.82.